The lowest BCUT2D eigenvalue weighted by Crippen LogP contribution is -2.69. The molecule has 9 nitrogen and oxygen atoms in total. The first-order chi connectivity index (χ1) is 15.1. The van der Waals surface area contributed by atoms with Crippen molar-refractivity contribution in [1.82, 2.24) is 10.6 Å². The van der Waals surface area contributed by atoms with E-state index < -0.39 is 35.2 Å². The average Bonchev–Trinajstić information content (AvgIpc) is 2.70. The Labute approximate surface area is 189 Å². The van der Waals surface area contributed by atoms with Crippen LogP contribution in [0.5, 0.6) is 0 Å². The lowest BCUT2D eigenvalue weighted by molar-refractivity contribution is -0.162. The Balaban J connectivity index is 1.94. The van der Waals surface area contributed by atoms with Crippen LogP contribution in [0.25, 0.3) is 0 Å². The highest BCUT2D eigenvalue weighted by molar-refractivity contribution is 5.83. The zero-order valence-corrected chi connectivity index (χ0v) is 19.3. The molecule has 1 aliphatic rings. The number of benzene rings is 1. The van der Waals surface area contributed by atoms with Gasteiger partial charge in [0.15, 0.2) is 0 Å². The molecule has 1 heterocycles. The monoisotopic (exact) mass is 450 g/mol. The Morgan fingerprint density at radius 1 is 1.12 bits per heavy atom. The lowest BCUT2D eigenvalue weighted by atomic mass is 9.95. The van der Waals surface area contributed by atoms with Crippen molar-refractivity contribution in [2.24, 2.45) is 0 Å². The number of esters is 2. The second-order valence-electron chi connectivity index (χ2n) is 8.84. The summed E-state index contributed by atoms with van der Waals surface area (Å²) in [6, 6.07) is 8.41. The van der Waals surface area contributed by atoms with E-state index in [1.807, 2.05) is 37.3 Å². The highest BCUT2D eigenvalue weighted by Crippen LogP contribution is 2.19. The topological polar surface area (TPSA) is 112 Å². The number of ether oxygens (including phenoxy) is 4. The minimum Gasteiger partial charge on any atom is -0.465 e. The van der Waals surface area contributed by atoms with Crippen LogP contribution < -0.4 is 10.6 Å². The predicted octanol–water partition coefficient (Wildman–Crippen LogP) is 2.33. The summed E-state index contributed by atoms with van der Waals surface area (Å²) < 4.78 is 21.2. The Morgan fingerprint density at radius 2 is 1.81 bits per heavy atom. The Hall–Kier alpha value is -2.65. The largest absolute Gasteiger partial charge is 0.465 e. The van der Waals surface area contributed by atoms with Crippen LogP contribution in [0.1, 0.15) is 46.1 Å². The van der Waals surface area contributed by atoms with Gasteiger partial charge in [0, 0.05) is 6.54 Å². The van der Waals surface area contributed by atoms with Gasteiger partial charge in [0.2, 0.25) is 0 Å². The summed E-state index contributed by atoms with van der Waals surface area (Å²) in [5.74, 6) is -1.07. The molecule has 1 saturated heterocycles. The van der Waals surface area contributed by atoms with Gasteiger partial charge in [-0.3, -0.25) is 14.9 Å². The highest BCUT2D eigenvalue weighted by Gasteiger charge is 2.43. The molecule has 0 spiro atoms. The normalized spacial score (nSPS) is 15.8. The van der Waals surface area contributed by atoms with Gasteiger partial charge in [-0.1, -0.05) is 37.3 Å². The van der Waals surface area contributed by atoms with Crippen molar-refractivity contribution in [2.45, 2.75) is 64.3 Å². The molecule has 0 unspecified atom stereocenters. The summed E-state index contributed by atoms with van der Waals surface area (Å²) in [5, 5.41) is 5.85. The molecule has 1 aliphatic heterocycles. The van der Waals surface area contributed by atoms with Crippen LogP contribution in [0.15, 0.2) is 30.3 Å². The van der Waals surface area contributed by atoms with Gasteiger partial charge in [-0.15, -0.1) is 0 Å². The third-order valence-corrected chi connectivity index (χ3v) is 4.54. The van der Waals surface area contributed by atoms with E-state index in [0.29, 0.717) is 6.42 Å². The highest BCUT2D eigenvalue weighted by atomic mass is 16.6. The van der Waals surface area contributed by atoms with Crippen molar-refractivity contribution in [2.75, 3.05) is 26.4 Å². The molecular weight excluding hydrogens is 416 g/mol. The molecule has 0 bridgehead atoms. The number of rotatable bonds is 11. The number of amides is 1. The molecule has 0 saturated carbocycles. The second-order valence-corrected chi connectivity index (χ2v) is 8.84. The van der Waals surface area contributed by atoms with E-state index >= 15 is 0 Å². The van der Waals surface area contributed by atoms with Crippen molar-refractivity contribution < 1.29 is 33.3 Å². The Morgan fingerprint density at radius 3 is 2.38 bits per heavy atom. The number of hydrogen-bond donors (Lipinski definition) is 2. The number of alkyl carbamates (subject to hydrolysis) is 1. The number of nitrogens with one attached hydrogen (secondary N) is 2. The predicted molar refractivity (Wildman–Crippen MR) is 117 cm³/mol. The molecule has 0 aromatic heterocycles. The smallest absolute Gasteiger partial charge is 0.407 e. The fraction of sp³-hybridized carbons (Fsp3) is 0.609. The standard InChI is InChI=1S/C23H34N2O7/c1-5-11-30-20(27)18(12-19(26)32-22(2,3)4)25-23(15-29-16-23)14-24-21(28)31-13-17-9-7-6-8-10-17/h6-10,18,25H,5,11-16H2,1-4H3,(H,24,28)/t18-/m0/s1. The van der Waals surface area contributed by atoms with Gasteiger partial charge in [0.1, 0.15) is 18.2 Å². The molecule has 0 aliphatic carbocycles. The van der Waals surface area contributed by atoms with Gasteiger partial charge in [0.25, 0.3) is 0 Å². The maximum Gasteiger partial charge on any atom is 0.407 e. The van der Waals surface area contributed by atoms with E-state index in [-0.39, 0.29) is 39.4 Å². The Kier molecular flexibility index (Phi) is 9.46. The van der Waals surface area contributed by atoms with Crippen LogP contribution in [-0.4, -0.2) is 61.6 Å². The molecule has 1 atom stereocenters. The summed E-state index contributed by atoms with van der Waals surface area (Å²) in [4.78, 5) is 37.0. The second kappa shape index (κ2) is 11.8. The zero-order chi connectivity index (χ0) is 23.6. The van der Waals surface area contributed by atoms with Crippen molar-refractivity contribution >= 4 is 18.0 Å². The minimum atomic E-state index is -0.928. The molecule has 32 heavy (non-hydrogen) atoms. The van der Waals surface area contributed by atoms with E-state index in [1.54, 1.807) is 20.8 Å². The van der Waals surface area contributed by atoms with E-state index in [1.165, 1.54) is 0 Å². The summed E-state index contributed by atoms with van der Waals surface area (Å²) in [7, 11) is 0. The summed E-state index contributed by atoms with van der Waals surface area (Å²) >= 11 is 0. The summed E-state index contributed by atoms with van der Waals surface area (Å²) in [6.07, 6.45) is -0.118. The minimum absolute atomic E-state index is 0.147. The molecule has 2 rings (SSSR count). The van der Waals surface area contributed by atoms with Gasteiger partial charge >= 0.3 is 18.0 Å². The molecule has 178 valence electrons. The number of carbonyl (C=O) groups excluding carboxylic acids is 3. The fourth-order valence-electron chi connectivity index (χ4n) is 3.02. The Bertz CT molecular complexity index is 757. The van der Waals surface area contributed by atoms with E-state index in [4.69, 9.17) is 18.9 Å². The van der Waals surface area contributed by atoms with Crippen LogP contribution in [0.4, 0.5) is 4.79 Å². The van der Waals surface area contributed by atoms with Gasteiger partial charge in [-0.05, 0) is 32.8 Å². The molecule has 0 radical (unpaired) electrons. The maximum absolute atomic E-state index is 12.6. The van der Waals surface area contributed by atoms with Crippen molar-refractivity contribution in [1.29, 1.82) is 0 Å². The van der Waals surface area contributed by atoms with Gasteiger partial charge in [-0.25, -0.2) is 4.79 Å². The maximum atomic E-state index is 12.6. The quantitative estimate of drug-likeness (QED) is 0.390. The van der Waals surface area contributed by atoms with Crippen molar-refractivity contribution in [3.05, 3.63) is 35.9 Å². The van der Waals surface area contributed by atoms with Crippen molar-refractivity contribution in [3.8, 4) is 0 Å². The van der Waals surface area contributed by atoms with Crippen LogP contribution in [0.3, 0.4) is 0 Å². The molecule has 9 heteroatoms. The molecule has 1 aromatic carbocycles. The third-order valence-electron chi connectivity index (χ3n) is 4.54. The van der Waals surface area contributed by atoms with E-state index in [0.717, 1.165) is 5.56 Å². The molecule has 2 N–H and O–H groups in total. The van der Waals surface area contributed by atoms with Gasteiger partial charge < -0.3 is 24.3 Å². The third kappa shape index (κ3) is 8.84. The van der Waals surface area contributed by atoms with Gasteiger partial charge in [0.05, 0.1) is 31.8 Å². The fourth-order valence-corrected chi connectivity index (χ4v) is 3.02. The van der Waals surface area contributed by atoms with Crippen LogP contribution >= 0.6 is 0 Å². The van der Waals surface area contributed by atoms with Crippen LogP contribution in [0.2, 0.25) is 0 Å². The average molecular weight is 451 g/mol. The van der Waals surface area contributed by atoms with Crippen LogP contribution in [0, 0.1) is 0 Å². The van der Waals surface area contributed by atoms with Crippen molar-refractivity contribution in [3.63, 3.8) is 0 Å². The first-order valence-electron chi connectivity index (χ1n) is 10.8. The van der Waals surface area contributed by atoms with E-state index in [2.05, 4.69) is 10.6 Å². The zero-order valence-electron chi connectivity index (χ0n) is 19.3. The first kappa shape index (κ1) is 25.6. The number of hydrogen-bond acceptors (Lipinski definition) is 8. The SMILES string of the molecule is CCCOC(=O)[C@H](CC(=O)OC(C)(C)C)NC1(CNC(=O)OCc2ccccc2)COC1. The van der Waals surface area contributed by atoms with E-state index in [9.17, 15) is 14.4 Å². The summed E-state index contributed by atoms with van der Waals surface area (Å²) in [6.45, 7) is 8.24. The van der Waals surface area contributed by atoms with Gasteiger partial charge in [-0.2, -0.15) is 0 Å². The number of carbonyl (C=O) groups is 3. The summed E-state index contributed by atoms with van der Waals surface area (Å²) in [5.41, 5.74) is -0.515. The molecule has 1 amide bonds. The molecule has 1 aromatic rings. The molecule has 1 fully saturated rings. The first-order valence-corrected chi connectivity index (χ1v) is 10.8. The lowest BCUT2D eigenvalue weighted by Gasteiger charge is -2.44. The van der Waals surface area contributed by atoms with Crippen LogP contribution in [-0.2, 0) is 35.1 Å². The molecular formula is C23H34N2O7.